The summed E-state index contributed by atoms with van der Waals surface area (Å²) < 4.78 is 2.13. The molecule has 2 aromatic rings. The highest BCUT2D eigenvalue weighted by Crippen LogP contribution is 2.27. The van der Waals surface area contributed by atoms with Gasteiger partial charge in [-0.3, -0.25) is 9.69 Å². The Labute approximate surface area is 155 Å². The molecule has 0 saturated carbocycles. The first-order valence-electron chi connectivity index (χ1n) is 9.57. The molecule has 1 saturated heterocycles. The third-order valence-electron chi connectivity index (χ3n) is 5.12. The molecule has 1 aliphatic heterocycles. The van der Waals surface area contributed by atoms with E-state index < -0.39 is 0 Å². The molecule has 3 rings (SSSR count). The number of benzene rings is 1. The average molecular weight is 355 g/mol. The monoisotopic (exact) mass is 355 g/mol. The first-order chi connectivity index (χ1) is 12.6. The number of anilines is 1. The van der Waals surface area contributed by atoms with Gasteiger partial charge in [0.2, 0.25) is 5.91 Å². The van der Waals surface area contributed by atoms with E-state index in [-0.39, 0.29) is 11.9 Å². The fraction of sp³-hybridized carbons (Fsp3) is 0.550. The molecule has 0 bridgehead atoms. The summed E-state index contributed by atoms with van der Waals surface area (Å²) in [7, 11) is 0. The van der Waals surface area contributed by atoms with Crippen LogP contribution in [0.5, 0.6) is 0 Å². The molecule has 1 fully saturated rings. The molecule has 6 heteroatoms. The zero-order chi connectivity index (χ0) is 18.5. The maximum Gasteiger partial charge on any atom is 0.241 e. The minimum atomic E-state index is 0.144. The molecule has 26 heavy (non-hydrogen) atoms. The molecule has 0 radical (unpaired) electrons. The van der Waals surface area contributed by atoms with Crippen molar-refractivity contribution in [1.82, 2.24) is 19.7 Å². The number of rotatable bonds is 6. The van der Waals surface area contributed by atoms with E-state index in [0.29, 0.717) is 12.5 Å². The lowest BCUT2D eigenvalue weighted by Crippen LogP contribution is -2.46. The fourth-order valence-electron chi connectivity index (χ4n) is 3.76. The Morgan fingerprint density at radius 1 is 1.23 bits per heavy atom. The number of amides is 1. The summed E-state index contributed by atoms with van der Waals surface area (Å²) in [5, 5.41) is 8.36. The number of para-hydroxylation sites is 1. The van der Waals surface area contributed by atoms with Gasteiger partial charge in [-0.15, -0.1) is 10.2 Å². The average Bonchev–Trinajstić information content (AvgIpc) is 3.12. The first kappa shape index (κ1) is 18.6. The molecular formula is C20H29N5O. The standard InChI is InChI=1S/C20H29N5O/c1-4-24-15-21-22-20(24)17-10-12-23(13-11-17)14-19(26)25(16(2)3)18-8-6-5-7-9-18/h5-9,15-17H,4,10-14H2,1-3H3. The number of aromatic nitrogens is 3. The molecule has 0 unspecified atom stereocenters. The molecule has 1 amide bonds. The van der Waals surface area contributed by atoms with E-state index in [9.17, 15) is 4.79 Å². The van der Waals surface area contributed by atoms with Gasteiger partial charge in [0.1, 0.15) is 12.2 Å². The minimum Gasteiger partial charge on any atom is -0.318 e. The second kappa shape index (κ2) is 8.45. The highest BCUT2D eigenvalue weighted by Gasteiger charge is 2.27. The van der Waals surface area contributed by atoms with Crippen LogP contribution in [0.2, 0.25) is 0 Å². The summed E-state index contributed by atoms with van der Waals surface area (Å²) in [5.74, 6) is 1.70. The zero-order valence-corrected chi connectivity index (χ0v) is 16.0. The molecule has 0 N–H and O–H groups in total. The molecule has 1 aromatic heterocycles. The maximum atomic E-state index is 12.9. The smallest absolute Gasteiger partial charge is 0.241 e. The second-order valence-electron chi connectivity index (χ2n) is 7.22. The van der Waals surface area contributed by atoms with E-state index in [2.05, 4.69) is 40.4 Å². The molecule has 0 aliphatic carbocycles. The summed E-state index contributed by atoms with van der Waals surface area (Å²) in [6.07, 6.45) is 3.86. The van der Waals surface area contributed by atoms with E-state index in [4.69, 9.17) is 0 Å². The van der Waals surface area contributed by atoms with Crippen molar-refractivity contribution in [1.29, 1.82) is 0 Å². The molecule has 0 atom stereocenters. The van der Waals surface area contributed by atoms with Gasteiger partial charge in [-0.25, -0.2) is 0 Å². The van der Waals surface area contributed by atoms with E-state index >= 15 is 0 Å². The van der Waals surface area contributed by atoms with Gasteiger partial charge >= 0.3 is 0 Å². The number of hydrogen-bond acceptors (Lipinski definition) is 4. The van der Waals surface area contributed by atoms with Gasteiger partial charge in [-0.05, 0) is 58.8 Å². The number of carbonyl (C=O) groups is 1. The summed E-state index contributed by atoms with van der Waals surface area (Å²) >= 11 is 0. The van der Waals surface area contributed by atoms with Crippen LogP contribution in [0, 0.1) is 0 Å². The van der Waals surface area contributed by atoms with Crippen LogP contribution < -0.4 is 4.90 Å². The van der Waals surface area contributed by atoms with Crippen molar-refractivity contribution in [3.63, 3.8) is 0 Å². The van der Waals surface area contributed by atoms with Crippen molar-refractivity contribution in [3.8, 4) is 0 Å². The minimum absolute atomic E-state index is 0.144. The molecule has 1 aromatic carbocycles. The summed E-state index contributed by atoms with van der Waals surface area (Å²) in [6, 6.07) is 10.1. The topological polar surface area (TPSA) is 54.3 Å². The molecule has 6 nitrogen and oxygen atoms in total. The van der Waals surface area contributed by atoms with Crippen LogP contribution in [0.1, 0.15) is 45.4 Å². The lowest BCUT2D eigenvalue weighted by Gasteiger charge is -2.34. The Kier molecular flexibility index (Phi) is 6.04. The van der Waals surface area contributed by atoms with Gasteiger partial charge in [-0.1, -0.05) is 18.2 Å². The van der Waals surface area contributed by atoms with Gasteiger partial charge in [0.05, 0.1) is 6.54 Å². The van der Waals surface area contributed by atoms with E-state index in [0.717, 1.165) is 44.0 Å². The Morgan fingerprint density at radius 3 is 2.54 bits per heavy atom. The van der Waals surface area contributed by atoms with Crippen LogP contribution in [-0.4, -0.2) is 51.2 Å². The van der Waals surface area contributed by atoms with Gasteiger partial charge in [0.25, 0.3) is 0 Å². The number of carbonyl (C=O) groups excluding carboxylic acids is 1. The largest absolute Gasteiger partial charge is 0.318 e. The number of piperidine rings is 1. The van der Waals surface area contributed by atoms with Crippen LogP contribution in [0.15, 0.2) is 36.7 Å². The number of likely N-dealkylation sites (tertiary alicyclic amines) is 1. The zero-order valence-electron chi connectivity index (χ0n) is 16.0. The fourth-order valence-corrected chi connectivity index (χ4v) is 3.76. The van der Waals surface area contributed by atoms with E-state index in [1.54, 1.807) is 0 Å². The van der Waals surface area contributed by atoms with Crippen molar-refractivity contribution in [3.05, 3.63) is 42.5 Å². The highest BCUT2D eigenvalue weighted by atomic mass is 16.2. The Morgan fingerprint density at radius 2 is 1.92 bits per heavy atom. The summed E-state index contributed by atoms with van der Waals surface area (Å²) in [4.78, 5) is 17.1. The van der Waals surface area contributed by atoms with Gasteiger partial charge in [0, 0.05) is 24.2 Å². The van der Waals surface area contributed by atoms with E-state index in [1.807, 2.05) is 41.6 Å². The third kappa shape index (κ3) is 4.12. The number of aryl methyl sites for hydroxylation is 1. The van der Waals surface area contributed by atoms with Crippen molar-refractivity contribution in [2.24, 2.45) is 0 Å². The maximum absolute atomic E-state index is 12.9. The van der Waals surface area contributed by atoms with Gasteiger partial charge < -0.3 is 9.47 Å². The van der Waals surface area contributed by atoms with Crippen LogP contribution in [0.4, 0.5) is 5.69 Å². The van der Waals surface area contributed by atoms with Crippen molar-refractivity contribution in [2.75, 3.05) is 24.5 Å². The van der Waals surface area contributed by atoms with Crippen LogP contribution in [0.3, 0.4) is 0 Å². The Balaban J connectivity index is 1.59. The lowest BCUT2D eigenvalue weighted by molar-refractivity contribution is -0.120. The molecule has 140 valence electrons. The first-order valence-corrected chi connectivity index (χ1v) is 9.57. The third-order valence-corrected chi connectivity index (χ3v) is 5.12. The van der Waals surface area contributed by atoms with Crippen LogP contribution >= 0.6 is 0 Å². The Hall–Kier alpha value is -2.21. The summed E-state index contributed by atoms with van der Waals surface area (Å²) in [6.45, 7) is 9.47. The molecule has 2 heterocycles. The molecule has 0 spiro atoms. The van der Waals surface area contributed by atoms with Crippen LogP contribution in [0.25, 0.3) is 0 Å². The summed E-state index contributed by atoms with van der Waals surface area (Å²) in [5.41, 5.74) is 0.971. The predicted molar refractivity (Wildman–Crippen MR) is 103 cm³/mol. The molecule has 1 aliphatic rings. The molecular weight excluding hydrogens is 326 g/mol. The second-order valence-corrected chi connectivity index (χ2v) is 7.22. The lowest BCUT2D eigenvalue weighted by atomic mass is 9.96. The number of hydrogen-bond donors (Lipinski definition) is 0. The van der Waals surface area contributed by atoms with E-state index in [1.165, 1.54) is 0 Å². The van der Waals surface area contributed by atoms with Gasteiger partial charge in [0.15, 0.2) is 0 Å². The van der Waals surface area contributed by atoms with Gasteiger partial charge in [-0.2, -0.15) is 0 Å². The van der Waals surface area contributed by atoms with Crippen molar-refractivity contribution >= 4 is 11.6 Å². The van der Waals surface area contributed by atoms with Crippen molar-refractivity contribution in [2.45, 2.75) is 52.1 Å². The predicted octanol–water partition coefficient (Wildman–Crippen LogP) is 2.92. The normalized spacial score (nSPS) is 16.2. The van der Waals surface area contributed by atoms with Crippen LogP contribution in [-0.2, 0) is 11.3 Å². The highest BCUT2D eigenvalue weighted by molar-refractivity contribution is 5.95. The SMILES string of the molecule is CCn1cnnc1C1CCN(CC(=O)N(c2ccccc2)C(C)C)CC1. The van der Waals surface area contributed by atoms with Crippen molar-refractivity contribution < 1.29 is 4.79 Å². The number of nitrogens with zero attached hydrogens (tertiary/aromatic N) is 5. The Bertz CT molecular complexity index is 704. The quantitative estimate of drug-likeness (QED) is 0.799.